The molecule has 126 valence electrons. The van der Waals surface area contributed by atoms with E-state index >= 15 is 0 Å². The lowest BCUT2D eigenvalue weighted by Gasteiger charge is -2.07. The number of fused-ring (bicyclic) bond motifs is 1. The molecule has 4 nitrogen and oxygen atoms in total. The fraction of sp³-hybridized carbons (Fsp3) is 0.105. The number of rotatable bonds is 4. The Balaban J connectivity index is 2.23. The highest BCUT2D eigenvalue weighted by atomic mass is 35.5. The maximum Gasteiger partial charge on any atom is 0.185 e. The highest BCUT2D eigenvalue weighted by Gasteiger charge is 2.18. The summed E-state index contributed by atoms with van der Waals surface area (Å²) in [7, 11) is -3.62. The standard InChI is InChI=1S/C19H15ClN2O2S/c1-25(23,24)15(12-21)11-17-16-9-5-6-10-18(16)22(19(17)20)13-14-7-3-2-4-8-14/h2-11H,13H2,1H3. The first-order valence-corrected chi connectivity index (χ1v) is 9.81. The van der Waals surface area contributed by atoms with E-state index in [0.29, 0.717) is 17.3 Å². The lowest BCUT2D eigenvalue weighted by molar-refractivity contribution is 0.609. The van der Waals surface area contributed by atoms with Gasteiger partial charge in [-0.3, -0.25) is 0 Å². The first kappa shape index (κ1) is 17.3. The van der Waals surface area contributed by atoms with Gasteiger partial charge in [-0.05, 0) is 17.7 Å². The molecule has 1 heterocycles. The van der Waals surface area contributed by atoms with Crippen molar-refractivity contribution in [2.75, 3.05) is 6.26 Å². The highest BCUT2D eigenvalue weighted by molar-refractivity contribution is 7.95. The Morgan fingerprint density at radius 2 is 1.80 bits per heavy atom. The van der Waals surface area contributed by atoms with Gasteiger partial charge in [0.15, 0.2) is 9.84 Å². The predicted molar refractivity (Wildman–Crippen MR) is 101 cm³/mol. The molecule has 0 aliphatic heterocycles. The molecule has 6 heteroatoms. The zero-order valence-electron chi connectivity index (χ0n) is 13.5. The largest absolute Gasteiger partial charge is 0.327 e. The minimum atomic E-state index is -3.62. The Labute approximate surface area is 151 Å². The number of hydrogen-bond acceptors (Lipinski definition) is 3. The van der Waals surface area contributed by atoms with Crippen LogP contribution in [0.1, 0.15) is 11.1 Å². The zero-order chi connectivity index (χ0) is 18.0. The van der Waals surface area contributed by atoms with Crippen molar-refractivity contribution in [3.63, 3.8) is 0 Å². The van der Waals surface area contributed by atoms with Crippen molar-refractivity contribution >= 4 is 38.4 Å². The molecule has 2 aromatic carbocycles. The van der Waals surface area contributed by atoms with Crippen molar-refractivity contribution in [1.29, 1.82) is 5.26 Å². The molecule has 0 saturated heterocycles. The molecule has 0 N–H and O–H groups in total. The van der Waals surface area contributed by atoms with Gasteiger partial charge in [0.25, 0.3) is 0 Å². The van der Waals surface area contributed by atoms with E-state index in [4.69, 9.17) is 11.6 Å². The number of para-hydroxylation sites is 1. The van der Waals surface area contributed by atoms with Crippen LogP contribution in [0.5, 0.6) is 0 Å². The summed E-state index contributed by atoms with van der Waals surface area (Å²) in [6.07, 6.45) is 2.36. The lowest BCUT2D eigenvalue weighted by atomic mass is 10.1. The van der Waals surface area contributed by atoms with Crippen LogP contribution in [0.25, 0.3) is 17.0 Å². The van der Waals surface area contributed by atoms with Crippen molar-refractivity contribution in [2.24, 2.45) is 0 Å². The molecular weight excluding hydrogens is 356 g/mol. The van der Waals surface area contributed by atoms with E-state index < -0.39 is 9.84 Å². The molecule has 3 rings (SSSR count). The Morgan fingerprint density at radius 1 is 1.16 bits per heavy atom. The molecular formula is C19H15ClN2O2S. The van der Waals surface area contributed by atoms with Crippen LogP contribution >= 0.6 is 11.6 Å². The van der Waals surface area contributed by atoms with Crippen molar-refractivity contribution < 1.29 is 8.42 Å². The monoisotopic (exact) mass is 370 g/mol. The second-order valence-electron chi connectivity index (χ2n) is 5.69. The summed E-state index contributed by atoms with van der Waals surface area (Å²) in [6, 6.07) is 19.1. The third kappa shape index (κ3) is 3.46. The average molecular weight is 371 g/mol. The van der Waals surface area contributed by atoms with E-state index in [1.54, 1.807) is 6.07 Å². The molecule has 0 bridgehead atoms. The predicted octanol–water partition coefficient (Wildman–Crippen LogP) is 4.25. The van der Waals surface area contributed by atoms with Crippen LogP contribution < -0.4 is 0 Å². The minimum absolute atomic E-state index is 0.308. The van der Waals surface area contributed by atoms with Gasteiger partial charge in [0.2, 0.25) is 0 Å². The van der Waals surface area contributed by atoms with Gasteiger partial charge >= 0.3 is 0 Å². The van der Waals surface area contributed by atoms with Gasteiger partial charge in [0.05, 0.1) is 5.52 Å². The van der Waals surface area contributed by atoms with Crippen molar-refractivity contribution in [3.8, 4) is 6.07 Å². The second kappa shape index (κ2) is 6.75. The maximum absolute atomic E-state index is 11.8. The minimum Gasteiger partial charge on any atom is -0.327 e. The van der Waals surface area contributed by atoms with Crippen LogP contribution in [0.15, 0.2) is 59.5 Å². The number of nitriles is 1. The average Bonchev–Trinajstić information content (AvgIpc) is 2.85. The molecule has 0 radical (unpaired) electrons. The van der Waals surface area contributed by atoms with E-state index in [2.05, 4.69) is 0 Å². The molecule has 0 unspecified atom stereocenters. The summed E-state index contributed by atoms with van der Waals surface area (Å²) in [5.74, 6) is 0. The smallest absolute Gasteiger partial charge is 0.185 e. The van der Waals surface area contributed by atoms with Crippen molar-refractivity contribution in [2.45, 2.75) is 6.54 Å². The van der Waals surface area contributed by atoms with Crippen LogP contribution in [0.2, 0.25) is 5.15 Å². The van der Waals surface area contributed by atoms with Crippen LogP contribution in [0, 0.1) is 11.3 Å². The Morgan fingerprint density at radius 3 is 2.44 bits per heavy atom. The van der Waals surface area contributed by atoms with Crippen LogP contribution in [-0.4, -0.2) is 19.2 Å². The Hall–Kier alpha value is -2.55. The number of sulfone groups is 1. The maximum atomic E-state index is 11.8. The van der Waals surface area contributed by atoms with Crippen LogP contribution in [-0.2, 0) is 16.4 Å². The Kier molecular flexibility index (Phi) is 4.67. The molecule has 0 aliphatic rings. The van der Waals surface area contributed by atoms with Gasteiger partial charge in [-0.25, -0.2) is 8.42 Å². The molecule has 0 spiro atoms. The van der Waals surface area contributed by atoms with Gasteiger partial charge in [-0.1, -0.05) is 60.1 Å². The fourth-order valence-electron chi connectivity index (χ4n) is 2.71. The van der Waals surface area contributed by atoms with Crippen LogP contribution in [0.3, 0.4) is 0 Å². The molecule has 0 fully saturated rings. The highest BCUT2D eigenvalue weighted by Crippen LogP contribution is 2.33. The van der Waals surface area contributed by atoms with Gasteiger partial charge in [0, 0.05) is 23.8 Å². The summed E-state index contributed by atoms with van der Waals surface area (Å²) < 4.78 is 25.5. The summed E-state index contributed by atoms with van der Waals surface area (Å²) in [6.45, 7) is 0.550. The molecule has 25 heavy (non-hydrogen) atoms. The van der Waals surface area contributed by atoms with Gasteiger partial charge in [0.1, 0.15) is 16.1 Å². The fourth-order valence-corrected chi connectivity index (χ4v) is 3.52. The van der Waals surface area contributed by atoms with Crippen molar-refractivity contribution in [1.82, 2.24) is 4.57 Å². The molecule has 3 aromatic rings. The molecule has 1 aromatic heterocycles. The summed E-state index contributed by atoms with van der Waals surface area (Å²) in [5.41, 5.74) is 2.49. The van der Waals surface area contributed by atoms with E-state index in [9.17, 15) is 13.7 Å². The zero-order valence-corrected chi connectivity index (χ0v) is 15.1. The summed E-state index contributed by atoms with van der Waals surface area (Å²) in [5, 5.41) is 10.4. The summed E-state index contributed by atoms with van der Waals surface area (Å²) in [4.78, 5) is -0.308. The number of allylic oxidation sites excluding steroid dienone is 1. The second-order valence-corrected chi connectivity index (χ2v) is 8.03. The molecule has 0 aliphatic carbocycles. The molecule has 0 amide bonds. The first-order chi connectivity index (χ1) is 11.9. The quantitative estimate of drug-likeness (QED) is 0.645. The molecule has 0 saturated carbocycles. The summed E-state index contributed by atoms with van der Waals surface area (Å²) >= 11 is 6.57. The SMILES string of the molecule is CS(=O)(=O)C(C#N)=Cc1c(Cl)n(Cc2ccccc2)c2ccccc12. The number of halogens is 1. The van der Waals surface area contributed by atoms with Crippen LogP contribution in [0.4, 0.5) is 0 Å². The third-order valence-corrected chi connectivity index (χ3v) is 5.33. The van der Waals surface area contributed by atoms with Gasteiger partial charge in [-0.15, -0.1) is 0 Å². The molecule has 0 atom stereocenters. The normalized spacial score (nSPS) is 12.3. The number of aromatic nitrogens is 1. The van der Waals surface area contributed by atoms with Gasteiger partial charge in [-0.2, -0.15) is 5.26 Å². The number of nitrogens with zero attached hydrogens (tertiary/aromatic N) is 2. The van der Waals surface area contributed by atoms with Gasteiger partial charge < -0.3 is 4.57 Å². The Bertz CT molecular complexity index is 1110. The lowest BCUT2D eigenvalue weighted by Crippen LogP contribution is -2.00. The number of benzene rings is 2. The topological polar surface area (TPSA) is 62.9 Å². The van der Waals surface area contributed by atoms with E-state index in [0.717, 1.165) is 22.7 Å². The van der Waals surface area contributed by atoms with E-state index in [1.165, 1.54) is 6.08 Å². The third-order valence-electron chi connectivity index (χ3n) is 3.91. The van der Waals surface area contributed by atoms with Crippen molar-refractivity contribution in [3.05, 3.63) is 75.8 Å². The van der Waals surface area contributed by atoms with E-state index in [1.807, 2.05) is 59.2 Å². The number of hydrogen-bond donors (Lipinski definition) is 0. The van der Waals surface area contributed by atoms with E-state index in [-0.39, 0.29) is 4.91 Å². The first-order valence-electron chi connectivity index (χ1n) is 7.54.